The van der Waals surface area contributed by atoms with Gasteiger partial charge in [0.15, 0.2) is 0 Å². The molecule has 4 nitrogen and oxygen atoms in total. The Kier molecular flexibility index (Phi) is 4.23. The Morgan fingerprint density at radius 3 is 2.50 bits per heavy atom. The number of hydrogen-bond donors (Lipinski definition) is 2. The Morgan fingerprint density at radius 2 is 1.85 bits per heavy atom. The normalized spacial score (nSPS) is 27.7. The first-order valence-corrected chi connectivity index (χ1v) is 9.43. The molecule has 2 heterocycles. The van der Waals surface area contributed by atoms with Crippen LogP contribution in [-0.4, -0.2) is 32.1 Å². The quantitative estimate of drug-likeness (QED) is 0.893. The topological polar surface area (TPSA) is 44.4 Å². The summed E-state index contributed by atoms with van der Waals surface area (Å²) in [6.45, 7) is 2.98. The highest BCUT2D eigenvalue weighted by Crippen LogP contribution is 2.42. The van der Waals surface area contributed by atoms with Crippen molar-refractivity contribution in [1.29, 1.82) is 0 Å². The molecule has 3 atom stereocenters. The van der Waals surface area contributed by atoms with Gasteiger partial charge < -0.3 is 10.2 Å². The first-order valence-electron chi connectivity index (χ1n) is 9.43. The summed E-state index contributed by atoms with van der Waals surface area (Å²) >= 11 is 0. The van der Waals surface area contributed by atoms with E-state index in [2.05, 4.69) is 85.1 Å². The van der Waals surface area contributed by atoms with Crippen molar-refractivity contribution in [2.75, 3.05) is 25.5 Å². The number of rotatable bonds is 3. The van der Waals surface area contributed by atoms with Crippen molar-refractivity contribution in [2.24, 2.45) is 5.92 Å². The summed E-state index contributed by atoms with van der Waals surface area (Å²) in [7, 11) is 4.11. The van der Waals surface area contributed by atoms with Crippen LogP contribution in [0, 0.1) is 5.92 Å². The maximum Gasteiger partial charge on any atom is 0.240 e. The molecule has 26 heavy (non-hydrogen) atoms. The summed E-state index contributed by atoms with van der Waals surface area (Å²) in [5.41, 5.74) is 4.53. The van der Waals surface area contributed by atoms with E-state index in [1.54, 1.807) is 0 Å². The highest BCUT2D eigenvalue weighted by Gasteiger charge is 2.52. The number of benzene rings is 2. The zero-order valence-electron chi connectivity index (χ0n) is 15.8. The van der Waals surface area contributed by atoms with E-state index in [0.29, 0.717) is 5.92 Å². The monoisotopic (exact) mass is 349 g/mol. The number of anilines is 1. The zero-order valence-corrected chi connectivity index (χ0v) is 15.8. The summed E-state index contributed by atoms with van der Waals surface area (Å²) in [4.78, 5) is 14.5. The Bertz CT molecular complexity index is 814. The minimum atomic E-state index is -0.381. The Balaban J connectivity index is 1.59. The second-order valence-electron chi connectivity index (χ2n) is 7.88. The van der Waals surface area contributed by atoms with E-state index in [1.165, 1.54) is 22.4 Å². The van der Waals surface area contributed by atoms with Crippen molar-refractivity contribution in [3.8, 4) is 11.1 Å². The molecule has 2 N–H and O–H groups in total. The molecule has 2 aromatic rings. The molecule has 3 unspecified atom stereocenters. The lowest BCUT2D eigenvalue weighted by molar-refractivity contribution is -0.125. The lowest BCUT2D eigenvalue weighted by atomic mass is 9.85. The maximum absolute atomic E-state index is 12.4. The van der Waals surface area contributed by atoms with Gasteiger partial charge in [-0.3, -0.25) is 10.1 Å². The van der Waals surface area contributed by atoms with Crippen LogP contribution < -0.4 is 15.5 Å². The summed E-state index contributed by atoms with van der Waals surface area (Å²) in [6.07, 6.45) is 1.88. The highest BCUT2D eigenvalue weighted by molar-refractivity contribution is 5.89. The van der Waals surface area contributed by atoms with Crippen LogP contribution in [0.1, 0.15) is 31.4 Å². The summed E-state index contributed by atoms with van der Waals surface area (Å²) in [5, 5.41) is 6.67. The van der Waals surface area contributed by atoms with Gasteiger partial charge in [0.05, 0.1) is 0 Å². The molecule has 4 rings (SSSR count). The molecule has 2 saturated heterocycles. The number of carbonyl (C=O) groups is 1. The van der Waals surface area contributed by atoms with Crippen molar-refractivity contribution in [1.82, 2.24) is 10.6 Å². The highest BCUT2D eigenvalue weighted by atomic mass is 16.2. The van der Waals surface area contributed by atoms with Gasteiger partial charge in [-0.15, -0.1) is 0 Å². The van der Waals surface area contributed by atoms with Gasteiger partial charge in [0.25, 0.3) is 0 Å². The lowest BCUT2D eigenvalue weighted by Crippen LogP contribution is -2.50. The van der Waals surface area contributed by atoms with Crippen molar-refractivity contribution in [3.63, 3.8) is 0 Å². The zero-order chi connectivity index (χ0) is 18.3. The lowest BCUT2D eigenvalue weighted by Gasteiger charge is -2.26. The predicted molar refractivity (Wildman–Crippen MR) is 106 cm³/mol. The summed E-state index contributed by atoms with van der Waals surface area (Å²) in [5.74, 6) is 0.515. The standard InChI is InChI=1S/C22H27N3O/c1-15-13-20(24-22(15)11-12-23-21(22)26)18-6-4-5-17(14-18)16-7-9-19(10-8-16)25(2)3/h4-10,14-15,20,24H,11-13H2,1-3H3,(H,23,26). The van der Waals surface area contributed by atoms with Crippen LogP contribution in [0.25, 0.3) is 11.1 Å². The van der Waals surface area contributed by atoms with E-state index in [1.807, 2.05) is 0 Å². The van der Waals surface area contributed by atoms with Gasteiger partial charge in [-0.05, 0) is 53.6 Å². The van der Waals surface area contributed by atoms with Gasteiger partial charge in [0.2, 0.25) is 5.91 Å². The third-order valence-electron chi connectivity index (χ3n) is 6.08. The summed E-state index contributed by atoms with van der Waals surface area (Å²) < 4.78 is 0. The predicted octanol–water partition coefficient (Wildman–Crippen LogP) is 3.35. The number of hydrogen-bond acceptors (Lipinski definition) is 3. The minimum absolute atomic E-state index is 0.169. The Labute approximate surface area is 155 Å². The van der Waals surface area contributed by atoms with Gasteiger partial charge in [0.1, 0.15) is 5.54 Å². The number of nitrogens with one attached hydrogen (secondary N) is 2. The van der Waals surface area contributed by atoms with Gasteiger partial charge >= 0.3 is 0 Å². The molecule has 2 aliphatic rings. The van der Waals surface area contributed by atoms with E-state index < -0.39 is 0 Å². The van der Waals surface area contributed by atoms with E-state index in [9.17, 15) is 4.79 Å². The van der Waals surface area contributed by atoms with Crippen molar-refractivity contribution < 1.29 is 4.79 Å². The fourth-order valence-corrected chi connectivity index (χ4v) is 4.43. The van der Waals surface area contributed by atoms with Gasteiger partial charge in [-0.2, -0.15) is 0 Å². The molecule has 0 saturated carbocycles. The van der Waals surface area contributed by atoms with Crippen molar-refractivity contribution >= 4 is 11.6 Å². The average molecular weight is 349 g/mol. The Morgan fingerprint density at radius 1 is 1.08 bits per heavy atom. The molecule has 1 amide bonds. The minimum Gasteiger partial charge on any atom is -0.378 e. The number of nitrogens with zero attached hydrogens (tertiary/aromatic N) is 1. The second kappa shape index (κ2) is 6.44. The third kappa shape index (κ3) is 2.78. The molecule has 2 fully saturated rings. The van der Waals surface area contributed by atoms with Gasteiger partial charge in [-0.1, -0.05) is 37.3 Å². The van der Waals surface area contributed by atoms with E-state index >= 15 is 0 Å². The molecule has 0 bridgehead atoms. The third-order valence-corrected chi connectivity index (χ3v) is 6.08. The van der Waals surface area contributed by atoms with Gasteiger partial charge in [0, 0.05) is 32.4 Å². The van der Waals surface area contributed by atoms with E-state index in [4.69, 9.17) is 0 Å². The summed E-state index contributed by atoms with van der Waals surface area (Å²) in [6, 6.07) is 17.6. The largest absolute Gasteiger partial charge is 0.378 e. The molecule has 4 heteroatoms. The van der Waals surface area contributed by atoms with Gasteiger partial charge in [-0.25, -0.2) is 0 Å². The number of carbonyl (C=O) groups excluding carboxylic acids is 1. The van der Waals surface area contributed by atoms with Crippen LogP contribution in [0.3, 0.4) is 0 Å². The van der Waals surface area contributed by atoms with Crippen LogP contribution in [0.5, 0.6) is 0 Å². The molecule has 136 valence electrons. The van der Waals surface area contributed by atoms with E-state index in [-0.39, 0.29) is 17.5 Å². The molecule has 0 radical (unpaired) electrons. The molecule has 0 aliphatic carbocycles. The fourth-order valence-electron chi connectivity index (χ4n) is 4.43. The molecule has 0 aromatic heterocycles. The van der Waals surface area contributed by atoms with Crippen LogP contribution in [0.2, 0.25) is 0 Å². The first-order chi connectivity index (χ1) is 12.5. The second-order valence-corrected chi connectivity index (χ2v) is 7.88. The molecular formula is C22H27N3O. The van der Waals surface area contributed by atoms with Crippen LogP contribution in [-0.2, 0) is 4.79 Å². The maximum atomic E-state index is 12.4. The SMILES string of the molecule is CC1CC(c2cccc(-c3ccc(N(C)C)cc3)c2)NC12CCNC2=O. The van der Waals surface area contributed by atoms with Crippen molar-refractivity contribution in [2.45, 2.75) is 31.3 Å². The number of amides is 1. The molecule has 1 spiro atoms. The molecule has 2 aliphatic heterocycles. The van der Waals surface area contributed by atoms with Crippen LogP contribution in [0.15, 0.2) is 48.5 Å². The fraction of sp³-hybridized carbons (Fsp3) is 0.409. The first kappa shape index (κ1) is 17.1. The van der Waals surface area contributed by atoms with Crippen LogP contribution >= 0.6 is 0 Å². The van der Waals surface area contributed by atoms with E-state index in [0.717, 1.165) is 19.4 Å². The van der Waals surface area contributed by atoms with Crippen LogP contribution in [0.4, 0.5) is 5.69 Å². The smallest absolute Gasteiger partial charge is 0.240 e. The average Bonchev–Trinajstić information content (AvgIpc) is 3.19. The van der Waals surface area contributed by atoms with Crippen molar-refractivity contribution in [3.05, 3.63) is 54.1 Å². The Hall–Kier alpha value is -2.33. The molecular weight excluding hydrogens is 322 g/mol. The molecule has 2 aromatic carbocycles.